The second kappa shape index (κ2) is 7.31. The first kappa shape index (κ1) is 16.8. The number of nitriles is 1. The van der Waals surface area contributed by atoms with Gasteiger partial charge in [0.05, 0.1) is 11.6 Å². The Kier molecular flexibility index (Phi) is 4.73. The van der Waals surface area contributed by atoms with Crippen LogP contribution in [-0.2, 0) is 6.54 Å². The topological polar surface area (TPSA) is 47.3 Å². The highest BCUT2D eigenvalue weighted by Gasteiger charge is 2.36. The van der Waals surface area contributed by atoms with E-state index >= 15 is 0 Å². The molecule has 132 valence electrons. The van der Waals surface area contributed by atoms with Crippen LogP contribution in [0.5, 0.6) is 0 Å². The average Bonchev–Trinajstić information content (AvgIpc) is 2.67. The van der Waals surface area contributed by atoms with Gasteiger partial charge in [-0.2, -0.15) is 5.26 Å². The van der Waals surface area contributed by atoms with Gasteiger partial charge in [-0.25, -0.2) is 0 Å². The van der Waals surface area contributed by atoms with Gasteiger partial charge in [-0.15, -0.1) is 0 Å². The molecule has 2 aromatic rings. The van der Waals surface area contributed by atoms with E-state index in [0.29, 0.717) is 23.0 Å². The Morgan fingerprint density at radius 3 is 2.23 bits per heavy atom. The van der Waals surface area contributed by atoms with Gasteiger partial charge in [0.15, 0.2) is 0 Å². The fraction of sp³-hybridized carbons (Fsp3) is 0.364. The van der Waals surface area contributed by atoms with E-state index in [4.69, 9.17) is 5.26 Å². The van der Waals surface area contributed by atoms with Crippen LogP contribution in [-0.4, -0.2) is 41.9 Å². The molecule has 0 aliphatic carbocycles. The molecule has 2 unspecified atom stereocenters. The first-order valence-electron chi connectivity index (χ1n) is 9.27. The number of fused-ring (bicyclic) bond motifs is 2. The molecule has 2 bridgehead atoms. The molecular weight excluding hydrogens is 322 g/mol. The summed E-state index contributed by atoms with van der Waals surface area (Å²) in [6, 6.07) is 19.7. The van der Waals surface area contributed by atoms with E-state index in [9.17, 15) is 4.79 Å². The Morgan fingerprint density at radius 1 is 0.962 bits per heavy atom. The largest absolute Gasteiger partial charge is 0.338 e. The molecule has 2 atom stereocenters. The molecule has 26 heavy (non-hydrogen) atoms. The minimum atomic E-state index is 0.0979. The van der Waals surface area contributed by atoms with E-state index in [-0.39, 0.29) is 5.91 Å². The number of amides is 1. The van der Waals surface area contributed by atoms with Gasteiger partial charge in [0.1, 0.15) is 0 Å². The summed E-state index contributed by atoms with van der Waals surface area (Å²) >= 11 is 0. The third-order valence-electron chi connectivity index (χ3n) is 5.45. The van der Waals surface area contributed by atoms with Crippen LogP contribution in [0.4, 0.5) is 0 Å². The summed E-state index contributed by atoms with van der Waals surface area (Å²) in [4.78, 5) is 17.4. The number of rotatable bonds is 3. The minimum Gasteiger partial charge on any atom is -0.338 e. The second-order valence-electron chi connectivity index (χ2n) is 7.55. The SMILES string of the molecule is N#Cc1ccc(C(=O)N2CC3CC(CN(Cc4ccccc4)C3)C2)cc1. The van der Waals surface area contributed by atoms with E-state index in [2.05, 4.69) is 41.3 Å². The lowest BCUT2D eigenvalue weighted by atomic mass is 9.84. The van der Waals surface area contributed by atoms with Crippen molar-refractivity contribution in [1.82, 2.24) is 9.80 Å². The maximum Gasteiger partial charge on any atom is 0.253 e. The molecule has 0 N–H and O–H groups in total. The van der Waals surface area contributed by atoms with Gasteiger partial charge in [0.25, 0.3) is 5.91 Å². The van der Waals surface area contributed by atoms with Crippen LogP contribution in [0, 0.1) is 23.2 Å². The monoisotopic (exact) mass is 345 g/mol. The first-order valence-corrected chi connectivity index (χ1v) is 9.27. The number of hydrogen-bond acceptors (Lipinski definition) is 3. The molecule has 0 saturated carbocycles. The predicted molar refractivity (Wildman–Crippen MR) is 100 cm³/mol. The van der Waals surface area contributed by atoms with E-state index < -0.39 is 0 Å². The minimum absolute atomic E-state index is 0.0979. The average molecular weight is 345 g/mol. The lowest BCUT2D eigenvalue weighted by Gasteiger charge is -2.46. The fourth-order valence-corrected chi connectivity index (χ4v) is 4.39. The van der Waals surface area contributed by atoms with Crippen molar-refractivity contribution < 1.29 is 4.79 Å². The Labute approximate surface area is 154 Å². The molecule has 0 aromatic heterocycles. The van der Waals surface area contributed by atoms with Crippen LogP contribution in [0.2, 0.25) is 0 Å². The smallest absolute Gasteiger partial charge is 0.253 e. The summed E-state index contributed by atoms with van der Waals surface area (Å²) in [5.41, 5.74) is 2.64. The van der Waals surface area contributed by atoms with Gasteiger partial charge < -0.3 is 4.90 Å². The van der Waals surface area contributed by atoms with Crippen LogP contribution >= 0.6 is 0 Å². The molecule has 2 saturated heterocycles. The van der Waals surface area contributed by atoms with Crippen molar-refractivity contribution in [3.05, 3.63) is 71.3 Å². The van der Waals surface area contributed by atoms with E-state index in [1.807, 2.05) is 4.90 Å². The van der Waals surface area contributed by atoms with Crippen molar-refractivity contribution in [2.75, 3.05) is 26.2 Å². The number of carbonyl (C=O) groups is 1. The standard InChI is InChI=1S/C22H23N3O/c23-11-17-6-8-21(9-7-17)22(26)25-15-19-10-20(16-25)14-24(13-19)12-18-4-2-1-3-5-18/h1-9,19-20H,10,12-16H2. The number of piperidine rings is 2. The highest BCUT2D eigenvalue weighted by Crippen LogP contribution is 2.30. The van der Waals surface area contributed by atoms with Crippen molar-refractivity contribution in [3.63, 3.8) is 0 Å². The molecule has 4 rings (SSSR count). The van der Waals surface area contributed by atoms with Crippen LogP contribution in [0.25, 0.3) is 0 Å². The summed E-state index contributed by atoms with van der Waals surface area (Å²) in [5.74, 6) is 1.20. The van der Waals surface area contributed by atoms with Gasteiger partial charge >= 0.3 is 0 Å². The van der Waals surface area contributed by atoms with Crippen molar-refractivity contribution in [2.24, 2.45) is 11.8 Å². The Balaban J connectivity index is 1.40. The third-order valence-corrected chi connectivity index (χ3v) is 5.45. The summed E-state index contributed by atoms with van der Waals surface area (Å²) in [5, 5.41) is 8.91. The number of nitrogens with zero attached hydrogens (tertiary/aromatic N) is 3. The molecule has 4 heteroatoms. The molecule has 2 aliphatic heterocycles. The van der Waals surface area contributed by atoms with Crippen LogP contribution < -0.4 is 0 Å². The summed E-state index contributed by atoms with van der Waals surface area (Å²) < 4.78 is 0. The molecule has 2 aliphatic rings. The third kappa shape index (κ3) is 3.63. The van der Waals surface area contributed by atoms with E-state index in [0.717, 1.165) is 32.7 Å². The van der Waals surface area contributed by atoms with Crippen LogP contribution in [0.15, 0.2) is 54.6 Å². The van der Waals surface area contributed by atoms with Gasteiger partial charge in [0, 0.05) is 38.3 Å². The number of carbonyl (C=O) groups excluding carboxylic acids is 1. The fourth-order valence-electron chi connectivity index (χ4n) is 4.39. The Morgan fingerprint density at radius 2 is 1.62 bits per heavy atom. The summed E-state index contributed by atoms with van der Waals surface area (Å²) in [6.45, 7) is 4.78. The van der Waals surface area contributed by atoms with Gasteiger partial charge in [-0.3, -0.25) is 9.69 Å². The quantitative estimate of drug-likeness (QED) is 0.858. The highest BCUT2D eigenvalue weighted by atomic mass is 16.2. The van der Waals surface area contributed by atoms with Crippen molar-refractivity contribution >= 4 is 5.91 Å². The van der Waals surface area contributed by atoms with E-state index in [1.54, 1.807) is 24.3 Å². The van der Waals surface area contributed by atoms with Crippen molar-refractivity contribution in [1.29, 1.82) is 5.26 Å². The molecule has 1 amide bonds. The molecule has 2 fully saturated rings. The second-order valence-corrected chi connectivity index (χ2v) is 7.55. The molecule has 4 nitrogen and oxygen atoms in total. The number of benzene rings is 2. The predicted octanol–water partition coefficient (Wildman–Crippen LogP) is 3.15. The van der Waals surface area contributed by atoms with E-state index in [1.165, 1.54) is 12.0 Å². The summed E-state index contributed by atoms with van der Waals surface area (Å²) in [7, 11) is 0. The Hall–Kier alpha value is -2.64. The molecule has 0 radical (unpaired) electrons. The maximum atomic E-state index is 12.8. The van der Waals surface area contributed by atoms with Gasteiger partial charge in [-0.1, -0.05) is 30.3 Å². The van der Waals surface area contributed by atoms with Crippen LogP contribution in [0.1, 0.15) is 27.9 Å². The zero-order valence-corrected chi connectivity index (χ0v) is 14.8. The van der Waals surface area contributed by atoms with Crippen LogP contribution in [0.3, 0.4) is 0 Å². The zero-order chi connectivity index (χ0) is 17.9. The molecule has 0 spiro atoms. The lowest BCUT2D eigenvalue weighted by Crippen LogP contribution is -2.53. The zero-order valence-electron chi connectivity index (χ0n) is 14.8. The Bertz CT molecular complexity index is 796. The van der Waals surface area contributed by atoms with Crippen molar-refractivity contribution in [3.8, 4) is 6.07 Å². The molecular formula is C22H23N3O. The lowest BCUT2D eigenvalue weighted by molar-refractivity contribution is 0.0238. The first-order chi connectivity index (χ1) is 12.7. The van der Waals surface area contributed by atoms with Gasteiger partial charge in [-0.05, 0) is 48.1 Å². The van der Waals surface area contributed by atoms with Crippen molar-refractivity contribution in [2.45, 2.75) is 13.0 Å². The normalized spacial score (nSPS) is 22.7. The van der Waals surface area contributed by atoms with Gasteiger partial charge in [0.2, 0.25) is 0 Å². The molecule has 2 heterocycles. The highest BCUT2D eigenvalue weighted by molar-refractivity contribution is 5.94. The number of likely N-dealkylation sites (tertiary alicyclic amines) is 2. The number of hydrogen-bond donors (Lipinski definition) is 0. The summed E-state index contributed by atoms with van der Waals surface area (Å²) in [6.07, 6.45) is 1.22. The maximum absolute atomic E-state index is 12.8. The molecule has 2 aromatic carbocycles.